The van der Waals surface area contributed by atoms with Gasteiger partial charge in [0.2, 0.25) is 5.91 Å². The van der Waals surface area contributed by atoms with Gasteiger partial charge in [0.05, 0.1) is 0 Å². The molecule has 1 amide bonds. The van der Waals surface area contributed by atoms with Gasteiger partial charge in [0.15, 0.2) is 0 Å². The van der Waals surface area contributed by atoms with Gasteiger partial charge < -0.3 is 4.90 Å². The molecule has 0 N–H and O–H groups in total. The number of nitrogens with zero attached hydrogens (tertiary/aromatic N) is 1. The van der Waals surface area contributed by atoms with E-state index < -0.39 is 0 Å². The summed E-state index contributed by atoms with van der Waals surface area (Å²) in [6, 6.07) is 24.7. The Bertz CT molecular complexity index is 961. The maximum absolute atomic E-state index is 13.8. The van der Waals surface area contributed by atoms with E-state index in [4.69, 9.17) is 0 Å². The van der Waals surface area contributed by atoms with Crippen molar-refractivity contribution >= 4 is 23.4 Å². The van der Waals surface area contributed by atoms with E-state index in [2.05, 4.69) is 6.92 Å². The number of amides is 1. The Balaban J connectivity index is 1.73. The zero-order valence-corrected chi connectivity index (χ0v) is 16.5. The number of rotatable bonds is 4. The molecule has 0 saturated heterocycles. The van der Waals surface area contributed by atoms with Crippen molar-refractivity contribution in [2.75, 3.05) is 4.90 Å². The highest BCUT2D eigenvalue weighted by Crippen LogP contribution is 2.40. The third-order valence-electron chi connectivity index (χ3n) is 5.13. The fourth-order valence-electron chi connectivity index (χ4n) is 3.71. The van der Waals surface area contributed by atoms with Crippen LogP contribution in [0.25, 0.3) is 0 Å². The van der Waals surface area contributed by atoms with Crippen molar-refractivity contribution in [2.24, 2.45) is 0 Å². The van der Waals surface area contributed by atoms with Gasteiger partial charge in [-0.3, -0.25) is 4.79 Å². The van der Waals surface area contributed by atoms with E-state index in [0.29, 0.717) is 0 Å². The topological polar surface area (TPSA) is 20.3 Å². The predicted octanol–water partition coefficient (Wildman–Crippen LogP) is 6.03. The molecule has 1 aliphatic heterocycles. The molecule has 0 radical (unpaired) electrons. The summed E-state index contributed by atoms with van der Waals surface area (Å²) < 4.78 is 13.7. The fourth-order valence-corrected chi connectivity index (χ4v) is 4.80. The van der Waals surface area contributed by atoms with E-state index >= 15 is 0 Å². The van der Waals surface area contributed by atoms with Crippen LogP contribution in [-0.2, 0) is 11.2 Å². The van der Waals surface area contributed by atoms with Gasteiger partial charge >= 0.3 is 0 Å². The number of carbonyl (C=O) groups is 1. The summed E-state index contributed by atoms with van der Waals surface area (Å²) in [7, 11) is 0. The fraction of sp³-hybridized carbons (Fsp3) is 0.208. The molecule has 2 atom stereocenters. The molecule has 28 heavy (non-hydrogen) atoms. The summed E-state index contributed by atoms with van der Waals surface area (Å²) in [5.74, 6) is -0.209. The van der Waals surface area contributed by atoms with Crippen LogP contribution in [-0.4, -0.2) is 11.9 Å². The molecule has 2 nitrogen and oxygen atoms in total. The van der Waals surface area contributed by atoms with E-state index in [1.54, 1.807) is 23.9 Å². The maximum Gasteiger partial charge on any atom is 0.245 e. The van der Waals surface area contributed by atoms with Gasteiger partial charge in [-0.15, -0.1) is 11.8 Å². The first-order valence-corrected chi connectivity index (χ1v) is 10.4. The Morgan fingerprint density at radius 2 is 1.71 bits per heavy atom. The van der Waals surface area contributed by atoms with E-state index in [1.165, 1.54) is 6.07 Å². The van der Waals surface area contributed by atoms with Crippen LogP contribution < -0.4 is 4.90 Å². The Hall–Kier alpha value is -2.59. The molecule has 1 aliphatic rings. The number of thioether (sulfide) groups is 1. The smallest absolute Gasteiger partial charge is 0.245 e. The molecule has 0 bridgehead atoms. The molecule has 0 fully saturated rings. The molecule has 142 valence electrons. The van der Waals surface area contributed by atoms with Crippen molar-refractivity contribution in [2.45, 2.75) is 36.0 Å². The summed E-state index contributed by atoms with van der Waals surface area (Å²) in [4.78, 5) is 16.7. The van der Waals surface area contributed by atoms with E-state index in [9.17, 15) is 9.18 Å². The van der Waals surface area contributed by atoms with Crippen molar-refractivity contribution in [1.29, 1.82) is 0 Å². The Morgan fingerprint density at radius 3 is 2.43 bits per heavy atom. The Kier molecular flexibility index (Phi) is 5.49. The van der Waals surface area contributed by atoms with Crippen LogP contribution in [0, 0.1) is 5.82 Å². The third-order valence-corrected chi connectivity index (χ3v) is 6.39. The molecule has 4 heteroatoms. The maximum atomic E-state index is 13.8. The summed E-state index contributed by atoms with van der Waals surface area (Å²) in [5.41, 5.74) is 2.71. The number of benzene rings is 3. The normalized spacial score (nSPS) is 17.1. The number of carbonyl (C=O) groups excluding carboxylic acids is 1. The minimum atomic E-state index is -0.359. The van der Waals surface area contributed by atoms with Gasteiger partial charge in [-0.05, 0) is 61.2 Å². The molecule has 3 aromatic carbocycles. The molecule has 4 rings (SSSR count). The van der Waals surface area contributed by atoms with Crippen LogP contribution in [0.4, 0.5) is 10.1 Å². The van der Waals surface area contributed by atoms with Crippen LogP contribution >= 0.6 is 11.8 Å². The number of fused-ring (bicyclic) bond motifs is 1. The van der Waals surface area contributed by atoms with Crippen LogP contribution in [0.5, 0.6) is 0 Å². The lowest BCUT2D eigenvalue weighted by Gasteiger charge is -2.37. The number of hydrogen-bond donors (Lipinski definition) is 0. The summed E-state index contributed by atoms with van der Waals surface area (Å²) in [6.45, 7) is 2.07. The number of halogens is 1. The van der Waals surface area contributed by atoms with Crippen molar-refractivity contribution < 1.29 is 9.18 Å². The second kappa shape index (κ2) is 8.19. The predicted molar refractivity (Wildman–Crippen MR) is 113 cm³/mol. The van der Waals surface area contributed by atoms with E-state index in [0.717, 1.165) is 34.6 Å². The quantitative estimate of drug-likeness (QED) is 0.506. The van der Waals surface area contributed by atoms with Gasteiger partial charge in [-0.1, -0.05) is 48.5 Å². The first-order chi connectivity index (χ1) is 13.6. The average molecular weight is 392 g/mol. The molecular weight excluding hydrogens is 369 g/mol. The first-order valence-electron chi connectivity index (χ1n) is 9.51. The highest BCUT2D eigenvalue weighted by Gasteiger charge is 2.34. The molecule has 0 saturated carbocycles. The molecule has 0 aromatic heterocycles. The van der Waals surface area contributed by atoms with E-state index in [1.807, 2.05) is 65.6 Å². The van der Waals surface area contributed by atoms with Crippen molar-refractivity contribution in [3.05, 3.63) is 95.8 Å². The molecule has 3 aromatic rings. The number of hydrogen-bond acceptors (Lipinski definition) is 2. The van der Waals surface area contributed by atoms with Crippen LogP contribution in [0.15, 0.2) is 83.8 Å². The van der Waals surface area contributed by atoms with Crippen LogP contribution in [0.2, 0.25) is 0 Å². The van der Waals surface area contributed by atoms with Crippen molar-refractivity contribution in [1.82, 2.24) is 0 Å². The van der Waals surface area contributed by atoms with Crippen molar-refractivity contribution in [3.63, 3.8) is 0 Å². The van der Waals surface area contributed by atoms with Gasteiger partial charge in [-0.25, -0.2) is 4.39 Å². The second-order valence-corrected chi connectivity index (χ2v) is 8.27. The largest absolute Gasteiger partial charge is 0.308 e. The van der Waals surface area contributed by atoms with Gasteiger partial charge in [0.25, 0.3) is 0 Å². The SMILES string of the molecule is C[C@@H]1CCc2cc(F)ccc2N1C(=O)[C@H](Sc1ccccc1)c1ccccc1. The second-order valence-electron chi connectivity index (χ2n) is 7.09. The Labute approximate surface area is 169 Å². The van der Waals surface area contributed by atoms with Gasteiger partial charge in [0, 0.05) is 16.6 Å². The first kappa shape index (κ1) is 18.8. The minimum absolute atomic E-state index is 0.0418. The highest BCUT2D eigenvalue weighted by molar-refractivity contribution is 8.00. The monoisotopic (exact) mass is 391 g/mol. The van der Waals surface area contributed by atoms with Gasteiger partial charge in [0.1, 0.15) is 11.1 Å². The Morgan fingerprint density at radius 1 is 1.04 bits per heavy atom. The lowest BCUT2D eigenvalue weighted by molar-refractivity contribution is -0.118. The minimum Gasteiger partial charge on any atom is -0.308 e. The highest BCUT2D eigenvalue weighted by atomic mass is 32.2. The van der Waals surface area contributed by atoms with Crippen LogP contribution in [0.3, 0.4) is 0 Å². The summed E-state index contributed by atoms with van der Waals surface area (Å²) >= 11 is 1.56. The molecule has 1 heterocycles. The third kappa shape index (κ3) is 3.83. The summed E-state index contributed by atoms with van der Waals surface area (Å²) in [6.07, 6.45) is 1.62. The van der Waals surface area contributed by atoms with E-state index in [-0.39, 0.29) is 23.0 Å². The lowest BCUT2D eigenvalue weighted by Crippen LogP contribution is -2.44. The zero-order valence-electron chi connectivity index (χ0n) is 15.7. The lowest BCUT2D eigenvalue weighted by atomic mass is 9.95. The molecule has 0 unspecified atom stereocenters. The molecule has 0 aliphatic carbocycles. The number of aryl methyl sites for hydroxylation is 1. The molecular formula is C24H22FNOS. The average Bonchev–Trinajstić information content (AvgIpc) is 2.73. The molecule has 0 spiro atoms. The van der Waals surface area contributed by atoms with Crippen LogP contribution in [0.1, 0.15) is 29.7 Å². The standard InChI is InChI=1S/C24H22FNOS/c1-17-12-13-19-16-20(25)14-15-22(19)26(17)24(27)23(18-8-4-2-5-9-18)28-21-10-6-3-7-11-21/h2-11,14-17,23H,12-13H2,1H3/t17-,23-/m1/s1. The zero-order chi connectivity index (χ0) is 19.5. The summed E-state index contributed by atoms with van der Waals surface area (Å²) in [5, 5.41) is -0.359. The number of anilines is 1. The van der Waals surface area contributed by atoms with Crippen molar-refractivity contribution in [3.8, 4) is 0 Å². The van der Waals surface area contributed by atoms with Gasteiger partial charge in [-0.2, -0.15) is 0 Å².